The summed E-state index contributed by atoms with van der Waals surface area (Å²) < 4.78 is 3.28. The van der Waals surface area contributed by atoms with Crippen LogP contribution in [0.1, 0.15) is 34.9 Å². The monoisotopic (exact) mass is 428 g/mol. The second kappa shape index (κ2) is 8.46. The van der Waals surface area contributed by atoms with Gasteiger partial charge in [-0.05, 0) is 74.6 Å². The van der Waals surface area contributed by atoms with Crippen LogP contribution in [0.15, 0.2) is 53.3 Å². The third kappa shape index (κ3) is 3.84. The fourth-order valence-corrected chi connectivity index (χ4v) is 4.09. The van der Waals surface area contributed by atoms with Crippen molar-refractivity contribution < 1.29 is 4.79 Å². The number of amides is 1. The largest absolute Gasteiger partial charge is 0.324 e. The highest BCUT2D eigenvalue weighted by Gasteiger charge is 2.19. The Morgan fingerprint density at radius 3 is 2.41 bits per heavy atom. The van der Waals surface area contributed by atoms with Crippen LogP contribution in [0.2, 0.25) is 0 Å². The van der Waals surface area contributed by atoms with Crippen LogP contribution in [0.3, 0.4) is 0 Å². The van der Waals surface area contributed by atoms with Gasteiger partial charge in [0.1, 0.15) is 12.2 Å². The van der Waals surface area contributed by atoms with Gasteiger partial charge in [0.15, 0.2) is 0 Å². The summed E-state index contributed by atoms with van der Waals surface area (Å²) in [6.45, 7) is 9.82. The Morgan fingerprint density at radius 2 is 1.72 bits per heavy atom. The molecule has 0 radical (unpaired) electrons. The van der Waals surface area contributed by atoms with E-state index in [2.05, 4.69) is 24.4 Å². The Hall–Kier alpha value is -3.67. The van der Waals surface area contributed by atoms with Crippen molar-refractivity contribution in [1.29, 1.82) is 0 Å². The molecule has 6 heteroatoms. The molecule has 0 aliphatic carbocycles. The standard InChI is InChI=1S/C26H28N4O2/c1-6-20-10-12-21(13-11-20)30-26-25(19(5)28-30)17(3)14-24(32)29(26)15-23(31)27-22-9-7-8-16(2)18(22)4/h7-14H,6,15H2,1-5H3,(H,27,31). The minimum absolute atomic E-state index is 0.0961. The number of fused-ring (bicyclic) bond motifs is 1. The number of benzene rings is 2. The van der Waals surface area contributed by atoms with Crippen molar-refractivity contribution in [2.45, 2.75) is 47.6 Å². The first kappa shape index (κ1) is 21.6. The van der Waals surface area contributed by atoms with E-state index in [1.165, 1.54) is 10.1 Å². The van der Waals surface area contributed by atoms with Crippen LogP contribution in [-0.2, 0) is 17.8 Å². The summed E-state index contributed by atoms with van der Waals surface area (Å²) in [6, 6.07) is 15.5. The number of aryl methyl sites for hydroxylation is 4. The lowest BCUT2D eigenvalue weighted by Gasteiger charge is -2.14. The van der Waals surface area contributed by atoms with Crippen LogP contribution >= 0.6 is 0 Å². The number of nitrogens with zero attached hydrogens (tertiary/aromatic N) is 3. The molecule has 0 spiro atoms. The van der Waals surface area contributed by atoms with Gasteiger partial charge in [0, 0.05) is 17.1 Å². The van der Waals surface area contributed by atoms with E-state index in [9.17, 15) is 9.59 Å². The predicted octanol–water partition coefficient (Wildman–Crippen LogP) is 4.62. The lowest BCUT2D eigenvalue weighted by Crippen LogP contribution is -2.29. The normalized spacial score (nSPS) is 11.2. The molecular formula is C26H28N4O2. The van der Waals surface area contributed by atoms with Crippen LogP contribution in [0.5, 0.6) is 0 Å². The Bertz CT molecular complexity index is 1380. The quantitative estimate of drug-likeness (QED) is 0.504. The summed E-state index contributed by atoms with van der Waals surface area (Å²) >= 11 is 0. The van der Waals surface area contributed by atoms with E-state index < -0.39 is 0 Å². The van der Waals surface area contributed by atoms with Gasteiger partial charge in [-0.2, -0.15) is 5.10 Å². The molecule has 164 valence electrons. The Kier molecular flexibility index (Phi) is 5.70. The first-order valence-corrected chi connectivity index (χ1v) is 10.8. The lowest BCUT2D eigenvalue weighted by molar-refractivity contribution is -0.116. The van der Waals surface area contributed by atoms with Gasteiger partial charge in [-0.3, -0.25) is 14.2 Å². The van der Waals surface area contributed by atoms with Gasteiger partial charge < -0.3 is 5.32 Å². The Balaban J connectivity index is 1.81. The van der Waals surface area contributed by atoms with Crippen molar-refractivity contribution >= 4 is 22.6 Å². The van der Waals surface area contributed by atoms with Crippen molar-refractivity contribution in [3.05, 3.63) is 86.8 Å². The molecular weight excluding hydrogens is 400 g/mol. The molecule has 0 unspecified atom stereocenters. The Labute approximate surface area is 187 Å². The molecule has 0 aliphatic rings. The number of anilines is 1. The SMILES string of the molecule is CCc1ccc(-n2nc(C)c3c(C)cc(=O)n(CC(=O)Nc4cccc(C)c4C)c32)cc1. The summed E-state index contributed by atoms with van der Waals surface area (Å²) in [5.41, 5.74) is 7.03. The van der Waals surface area contributed by atoms with Crippen LogP contribution in [0.25, 0.3) is 16.7 Å². The number of carbonyl (C=O) groups is 1. The van der Waals surface area contributed by atoms with Gasteiger partial charge in [-0.1, -0.05) is 31.2 Å². The third-order valence-electron chi connectivity index (χ3n) is 6.06. The molecule has 4 aromatic rings. The first-order chi connectivity index (χ1) is 15.3. The lowest BCUT2D eigenvalue weighted by atomic mass is 10.1. The summed E-state index contributed by atoms with van der Waals surface area (Å²) in [6.07, 6.45) is 0.946. The molecule has 1 N–H and O–H groups in total. The van der Waals surface area contributed by atoms with Gasteiger partial charge in [0.25, 0.3) is 5.56 Å². The zero-order chi connectivity index (χ0) is 23.0. The fourth-order valence-electron chi connectivity index (χ4n) is 4.09. The summed E-state index contributed by atoms with van der Waals surface area (Å²) in [4.78, 5) is 26.0. The highest BCUT2D eigenvalue weighted by molar-refractivity contribution is 5.93. The van der Waals surface area contributed by atoms with Crippen molar-refractivity contribution in [1.82, 2.24) is 14.3 Å². The average molecular weight is 429 g/mol. The van der Waals surface area contributed by atoms with Crippen molar-refractivity contribution in [2.75, 3.05) is 5.32 Å². The van der Waals surface area contributed by atoms with Gasteiger partial charge >= 0.3 is 0 Å². The van der Waals surface area contributed by atoms with E-state index in [1.807, 2.05) is 58.0 Å². The number of hydrogen-bond acceptors (Lipinski definition) is 3. The highest BCUT2D eigenvalue weighted by Crippen LogP contribution is 2.24. The topological polar surface area (TPSA) is 68.9 Å². The summed E-state index contributed by atoms with van der Waals surface area (Å²) in [5, 5.41) is 8.57. The molecule has 0 fully saturated rings. The molecule has 2 heterocycles. The second-order valence-electron chi connectivity index (χ2n) is 8.26. The van der Waals surface area contributed by atoms with E-state index >= 15 is 0 Å². The number of pyridine rings is 1. The summed E-state index contributed by atoms with van der Waals surface area (Å²) in [5.74, 6) is -0.252. The number of rotatable bonds is 5. The van der Waals surface area contributed by atoms with E-state index in [0.717, 1.165) is 45.6 Å². The molecule has 2 aromatic carbocycles. The van der Waals surface area contributed by atoms with Gasteiger partial charge in [0.2, 0.25) is 5.91 Å². The van der Waals surface area contributed by atoms with Crippen LogP contribution in [0, 0.1) is 27.7 Å². The smallest absolute Gasteiger partial charge is 0.252 e. The minimum Gasteiger partial charge on any atom is -0.324 e. The van der Waals surface area contributed by atoms with E-state index in [-0.39, 0.29) is 18.0 Å². The van der Waals surface area contributed by atoms with Gasteiger partial charge in [-0.15, -0.1) is 0 Å². The second-order valence-corrected chi connectivity index (χ2v) is 8.26. The average Bonchev–Trinajstić information content (AvgIpc) is 3.12. The number of nitrogens with one attached hydrogen (secondary N) is 1. The number of aromatic nitrogens is 3. The van der Waals surface area contributed by atoms with Crippen LogP contribution < -0.4 is 10.9 Å². The summed E-state index contributed by atoms with van der Waals surface area (Å²) in [7, 11) is 0. The van der Waals surface area contributed by atoms with Gasteiger partial charge in [-0.25, -0.2) is 4.68 Å². The first-order valence-electron chi connectivity index (χ1n) is 10.8. The van der Waals surface area contributed by atoms with Crippen LogP contribution in [0.4, 0.5) is 5.69 Å². The van der Waals surface area contributed by atoms with Crippen molar-refractivity contribution in [3.8, 4) is 5.69 Å². The molecule has 4 rings (SSSR count). The maximum absolute atomic E-state index is 13.0. The van der Waals surface area contributed by atoms with Crippen LogP contribution in [-0.4, -0.2) is 20.3 Å². The van der Waals surface area contributed by atoms with E-state index in [0.29, 0.717) is 5.65 Å². The van der Waals surface area contributed by atoms with Crippen molar-refractivity contribution in [2.24, 2.45) is 0 Å². The molecule has 0 saturated heterocycles. The molecule has 1 amide bonds. The number of carbonyl (C=O) groups excluding carboxylic acids is 1. The molecule has 0 bridgehead atoms. The Morgan fingerprint density at radius 1 is 1.00 bits per heavy atom. The highest BCUT2D eigenvalue weighted by atomic mass is 16.2. The fraction of sp³-hybridized carbons (Fsp3) is 0.269. The zero-order valence-corrected chi connectivity index (χ0v) is 19.2. The molecule has 0 aliphatic heterocycles. The third-order valence-corrected chi connectivity index (χ3v) is 6.06. The maximum atomic E-state index is 13.0. The molecule has 6 nitrogen and oxygen atoms in total. The molecule has 2 aromatic heterocycles. The van der Waals surface area contributed by atoms with Crippen molar-refractivity contribution in [3.63, 3.8) is 0 Å². The van der Waals surface area contributed by atoms with E-state index in [1.54, 1.807) is 10.7 Å². The van der Waals surface area contributed by atoms with Gasteiger partial charge in [0.05, 0.1) is 11.4 Å². The minimum atomic E-state index is -0.252. The maximum Gasteiger partial charge on any atom is 0.252 e. The molecule has 0 atom stereocenters. The number of hydrogen-bond donors (Lipinski definition) is 1. The zero-order valence-electron chi connectivity index (χ0n) is 19.2. The van der Waals surface area contributed by atoms with E-state index in [4.69, 9.17) is 5.10 Å². The molecule has 32 heavy (non-hydrogen) atoms. The molecule has 0 saturated carbocycles. The predicted molar refractivity (Wildman–Crippen MR) is 129 cm³/mol.